The second-order valence-corrected chi connectivity index (χ2v) is 5.05. The van der Waals surface area contributed by atoms with Crippen molar-refractivity contribution in [1.82, 2.24) is 4.90 Å². The molecule has 1 aromatic carbocycles. The minimum atomic E-state index is -1.25. The van der Waals surface area contributed by atoms with Gasteiger partial charge in [-0.25, -0.2) is 9.59 Å². The Morgan fingerprint density at radius 3 is 2.35 bits per heavy atom. The van der Waals surface area contributed by atoms with E-state index in [2.05, 4.69) is 5.32 Å². The molecule has 2 amide bonds. The van der Waals surface area contributed by atoms with Crippen molar-refractivity contribution < 1.29 is 14.7 Å². The Hall–Kier alpha value is -2.04. The lowest BCUT2D eigenvalue weighted by Crippen LogP contribution is -2.54. The molecule has 1 aromatic rings. The topological polar surface area (TPSA) is 69.6 Å². The fourth-order valence-electron chi connectivity index (χ4n) is 2.04. The van der Waals surface area contributed by atoms with Gasteiger partial charge in [-0.1, -0.05) is 25.1 Å². The molecule has 0 aliphatic heterocycles. The number of nitrogens with one attached hydrogen (secondary N) is 1. The van der Waals surface area contributed by atoms with Gasteiger partial charge in [0.1, 0.15) is 5.54 Å². The number of likely N-dealkylation sites (N-methyl/N-ethyl adjacent to an activating group) is 1. The van der Waals surface area contributed by atoms with E-state index in [1.165, 1.54) is 18.7 Å². The summed E-state index contributed by atoms with van der Waals surface area (Å²) in [5.74, 6) is -1.03. The normalized spacial score (nSPS) is 11.0. The van der Waals surface area contributed by atoms with Crippen molar-refractivity contribution in [1.29, 1.82) is 0 Å². The van der Waals surface area contributed by atoms with Gasteiger partial charge >= 0.3 is 12.0 Å². The minimum absolute atomic E-state index is 0.319. The van der Waals surface area contributed by atoms with E-state index >= 15 is 0 Å². The molecule has 0 aliphatic rings. The summed E-state index contributed by atoms with van der Waals surface area (Å²) in [6.45, 7) is 7.12. The zero-order valence-electron chi connectivity index (χ0n) is 12.4. The van der Waals surface area contributed by atoms with E-state index in [1.54, 1.807) is 6.92 Å². The largest absolute Gasteiger partial charge is 0.480 e. The lowest BCUT2D eigenvalue weighted by atomic mass is 10.0. The van der Waals surface area contributed by atoms with Crippen LogP contribution in [0, 0.1) is 0 Å². The standard InChI is InChI=1S/C15H22N2O3/c1-5-11-9-7-8-10-12(11)16-14(20)17(6-2)15(3,4)13(18)19/h7-10H,5-6H2,1-4H3,(H,16,20)(H,18,19). The van der Waals surface area contributed by atoms with Gasteiger partial charge in [-0.3, -0.25) is 0 Å². The minimum Gasteiger partial charge on any atom is -0.480 e. The monoisotopic (exact) mass is 278 g/mol. The molecule has 5 heteroatoms. The summed E-state index contributed by atoms with van der Waals surface area (Å²) >= 11 is 0. The fraction of sp³-hybridized carbons (Fsp3) is 0.467. The maximum atomic E-state index is 12.3. The summed E-state index contributed by atoms with van der Waals surface area (Å²) in [4.78, 5) is 24.9. The van der Waals surface area contributed by atoms with Crippen LogP contribution in [-0.4, -0.2) is 34.1 Å². The summed E-state index contributed by atoms with van der Waals surface area (Å²) in [6.07, 6.45) is 0.797. The number of carbonyl (C=O) groups excluding carboxylic acids is 1. The van der Waals surface area contributed by atoms with Crippen LogP contribution in [0.2, 0.25) is 0 Å². The Balaban J connectivity index is 2.96. The van der Waals surface area contributed by atoms with Crippen LogP contribution in [0.3, 0.4) is 0 Å². The Labute approximate surface area is 119 Å². The first-order valence-electron chi connectivity index (χ1n) is 6.74. The zero-order valence-corrected chi connectivity index (χ0v) is 12.4. The lowest BCUT2D eigenvalue weighted by molar-refractivity contribution is -0.147. The summed E-state index contributed by atoms with van der Waals surface area (Å²) in [6, 6.07) is 7.11. The zero-order chi connectivity index (χ0) is 15.3. The lowest BCUT2D eigenvalue weighted by Gasteiger charge is -2.34. The molecule has 0 aliphatic carbocycles. The van der Waals surface area contributed by atoms with Gasteiger partial charge in [0.15, 0.2) is 0 Å². The Kier molecular flexibility index (Phi) is 5.13. The SMILES string of the molecule is CCc1ccccc1NC(=O)N(CC)C(C)(C)C(=O)O. The van der Waals surface area contributed by atoms with Crippen LogP contribution in [0.25, 0.3) is 0 Å². The third-order valence-electron chi connectivity index (χ3n) is 3.40. The average molecular weight is 278 g/mol. The van der Waals surface area contributed by atoms with E-state index in [4.69, 9.17) is 0 Å². The van der Waals surface area contributed by atoms with E-state index in [-0.39, 0.29) is 0 Å². The highest BCUT2D eigenvalue weighted by Gasteiger charge is 2.37. The van der Waals surface area contributed by atoms with Crippen molar-refractivity contribution in [3.63, 3.8) is 0 Å². The molecule has 0 bridgehead atoms. The second-order valence-electron chi connectivity index (χ2n) is 5.05. The molecule has 0 unspecified atom stereocenters. The third kappa shape index (κ3) is 3.29. The summed E-state index contributed by atoms with van der Waals surface area (Å²) in [5.41, 5.74) is 0.490. The maximum Gasteiger partial charge on any atom is 0.329 e. The highest BCUT2D eigenvalue weighted by Crippen LogP contribution is 2.19. The van der Waals surface area contributed by atoms with Crippen LogP contribution >= 0.6 is 0 Å². The number of hydrogen-bond acceptors (Lipinski definition) is 2. The highest BCUT2D eigenvalue weighted by atomic mass is 16.4. The molecule has 5 nitrogen and oxygen atoms in total. The van der Waals surface area contributed by atoms with Gasteiger partial charge in [-0.2, -0.15) is 0 Å². The maximum absolute atomic E-state index is 12.3. The van der Waals surface area contributed by atoms with Gasteiger partial charge in [0.2, 0.25) is 0 Å². The van der Waals surface area contributed by atoms with Crippen LogP contribution in [-0.2, 0) is 11.2 Å². The molecule has 0 saturated carbocycles. The van der Waals surface area contributed by atoms with Gasteiger partial charge in [0.05, 0.1) is 0 Å². The molecule has 0 spiro atoms. The van der Waals surface area contributed by atoms with Crippen molar-refractivity contribution >= 4 is 17.7 Å². The average Bonchev–Trinajstić information content (AvgIpc) is 2.39. The number of aliphatic carboxylic acids is 1. The summed E-state index contributed by atoms with van der Waals surface area (Å²) in [7, 11) is 0. The number of carbonyl (C=O) groups is 2. The molecule has 0 aromatic heterocycles. The molecule has 1 rings (SSSR count). The molecular weight excluding hydrogens is 256 g/mol. The number of hydrogen-bond donors (Lipinski definition) is 2. The molecule has 0 saturated heterocycles. The van der Waals surface area contributed by atoms with Gasteiger partial charge in [0.25, 0.3) is 0 Å². The second kappa shape index (κ2) is 6.41. The Morgan fingerprint density at radius 2 is 1.85 bits per heavy atom. The van der Waals surface area contributed by atoms with Crippen LogP contribution in [0.1, 0.15) is 33.3 Å². The number of rotatable bonds is 5. The van der Waals surface area contributed by atoms with Crippen LogP contribution in [0.5, 0.6) is 0 Å². The molecule has 110 valence electrons. The first kappa shape index (κ1) is 16.0. The molecule has 0 atom stereocenters. The van der Waals surface area contributed by atoms with Crippen LogP contribution < -0.4 is 5.32 Å². The van der Waals surface area contributed by atoms with Gasteiger partial charge in [-0.05, 0) is 38.8 Å². The first-order chi connectivity index (χ1) is 9.34. The number of carboxylic acid groups (broad SMARTS) is 1. The number of carboxylic acids is 1. The summed E-state index contributed by atoms with van der Waals surface area (Å²) in [5, 5.41) is 12.0. The molecule has 0 heterocycles. The van der Waals surface area contributed by atoms with E-state index in [1.807, 2.05) is 31.2 Å². The number of amides is 2. The number of urea groups is 1. The number of aryl methyl sites for hydroxylation is 1. The Morgan fingerprint density at radius 1 is 1.25 bits per heavy atom. The quantitative estimate of drug-likeness (QED) is 0.870. The number of para-hydroxylation sites is 1. The number of anilines is 1. The Bertz CT molecular complexity index is 498. The van der Waals surface area contributed by atoms with Crippen LogP contribution in [0.4, 0.5) is 10.5 Å². The van der Waals surface area contributed by atoms with Gasteiger partial charge in [0, 0.05) is 12.2 Å². The molecule has 0 fully saturated rings. The van der Waals surface area contributed by atoms with Crippen molar-refractivity contribution in [3.05, 3.63) is 29.8 Å². The predicted octanol–water partition coefficient (Wildman–Crippen LogP) is 2.97. The van der Waals surface area contributed by atoms with E-state index < -0.39 is 17.5 Å². The van der Waals surface area contributed by atoms with Crippen molar-refractivity contribution in [2.45, 2.75) is 39.7 Å². The van der Waals surface area contributed by atoms with Gasteiger partial charge < -0.3 is 15.3 Å². The highest BCUT2D eigenvalue weighted by molar-refractivity contribution is 5.94. The number of nitrogens with zero attached hydrogens (tertiary/aromatic N) is 1. The molecular formula is C15H22N2O3. The molecule has 2 N–H and O–H groups in total. The van der Waals surface area contributed by atoms with Crippen molar-refractivity contribution in [3.8, 4) is 0 Å². The predicted molar refractivity (Wildman–Crippen MR) is 78.9 cm³/mol. The van der Waals surface area contributed by atoms with E-state index in [0.717, 1.165) is 17.7 Å². The van der Waals surface area contributed by atoms with Gasteiger partial charge in [-0.15, -0.1) is 0 Å². The third-order valence-corrected chi connectivity index (χ3v) is 3.40. The fourth-order valence-corrected chi connectivity index (χ4v) is 2.04. The molecule has 20 heavy (non-hydrogen) atoms. The molecule has 0 radical (unpaired) electrons. The van der Waals surface area contributed by atoms with Crippen molar-refractivity contribution in [2.75, 3.05) is 11.9 Å². The number of benzene rings is 1. The van der Waals surface area contributed by atoms with E-state index in [0.29, 0.717) is 6.54 Å². The van der Waals surface area contributed by atoms with E-state index in [9.17, 15) is 14.7 Å². The first-order valence-corrected chi connectivity index (χ1v) is 6.74. The van der Waals surface area contributed by atoms with Crippen LogP contribution in [0.15, 0.2) is 24.3 Å². The smallest absolute Gasteiger partial charge is 0.329 e. The summed E-state index contributed by atoms with van der Waals surface area (Å²) < 4.78 is 0. The van der Waals surface area contributed by atoms with Crippen molar-refractivity contribution in [2.24, 2.45) is 0 Å².